The highest BCUT2D eigenvalue weighted by molar-refractivity contribution is 5.97. The molecule has 8 heteroatoms. The third kappa shape index (κ3) is 5.37. The van der Waals surface area contributed by atoms with Crippen LogP contribution in [0.1, 0.15) is 51.4 Å². The Hall–Kier alpha value is -3.26. The summed E-state index contributed by atoms with van der Waals surface area (Å²) in [6.45, 7) is 8.45. The molecule has 1 unspecified atom stereocenters. The Morgan fingerprint density at radius 1 is 1.06 bits per heavy atom. The van der Waals surface area contributed by atoms with E-state index in [1.54, 1.807) is 6.07 Å². The molecule has 1 saturated heterocycles. The van der Waals surface area contributed by atoms with Gasteiger partial charge in [0.15, 0.2) is 0 Å². The minimum absolute atomic E-state index is 0.156. The van der Waals surface area contributed by atoms with Crippen molar-refractivity contribution in [2.75, 3.05) is 31.2 Å². The molecule has 5 nitrogen and oxygen atoms in total. The molecule has 0 spiro atoms. The highest BCUT2D eigenvalue weighted by Crippen LogP contribution is 2.34. The van der Waals surface area contributed by atoms with Crippen molar-refractivity contribution >= 4 is 11.6 Å². The number of halogens is 3. The zero-order chi connectivity index (χ0) is 25.2. The molecule has 2 heterocycles. The van der Waals surface area contributed by atoms with Gasteiger partial charge in [-0.15, -0.1) is 0 Å². The van der Waals surface area contributed by atoms with Crippen LogP contribution in [0, 0.1) is 13.8 Å². The monoisotopic (exact) mass is 485 g/mol. The number of morpholine rings is 1. The van der Waals surface area contributed by atoms with Gasteiger partial charge in [-0.2, -0.15) is 13.2 Å². The van der Waals surface area contributed by atoms with Crippen molar-refractivity contribution in [3.8, 4) is 0 Å². The van der Waals surface area contributed by atoms with E-state index in [2.05, 4.69) is 10.2 Å². The average molecular weight is 486 g/mol. The molecule has 1 aliphatic heterocycles. The second-order valence-corrected chi connectivity index (χ2v) is 8.90. The molecule has 2 aromatic carbocycles. The predicted molar refractivity (Wildman–Crippen MR) is 130 cm³/mol. The summed E-state index contributed by atoms with van der Waals surface area (Å²) in [5.74, 6) is -0.256. The summed E-state index contributed by atoms with van der Waals surface area (Å²) >= 11 is 0. The fourth-order valence-electron chi connectivity index (χ4n) is 4.74. The molecular formula is C27H30F3N3O2. The van der Waals surface area contributed by atoms with Crippen molar-refractivity contribution < 1.29 is 22.7 Å². The van der Waals surface area contributed by atoms with Gasteiger partial charge in [-0.1, -0.05) is 42.5 Å². The van der Waals surface area contributed by atoms with Crippen LogP contribution in [0.25, 0.3) is 0 Å². The van der Waals surface area contributed by atoms with Gasteiger partial charge in [-0.3, -0.25) is 4.79 Å². The van der Waals surface area contributed by atoms with Gasteiger partial charge in [0.25, 0.3) is 5.91 Å². The predicted octanol–water partition coefficient (Wildman–Crippen LogP) is 5.50. The van der Waals surface area contributed by atoms with Crippen molar-refractivity contribution in [1.29, 1.82) is 0 Å². The Kier molecular flexibility index (Phi) is 7.21. The van der Waals surface area contributed by atoms with E-state index in [9.17, 15) is 18.0 Å². The molecule has 1 aliphatic rings. The number of rotatable bonds is 6. The first-order valence-corrected chi connectivity index (χ1v) is 11.7. The van der Waals surface area contributed by atoms with Gasteiger partial charge in [-0.25, -0.2) is 0 Å². The summed E-state index contributed by atoms with van der Waals surface area (Å²) < 4.78 is 47.3. The van der Waals surface area contributed by atoms with Crippen LogP contribution in [0.2, 0.25) is 0 Å². The number of ether oxygens (including phenoxy) is 1. The Labute approximate surface area is 203 Å². The molecule has 1 aromatic heterocycles. The minimum Gasteiger partial charge on any atom is -0.378 e. The molecule has 186 valence electrons. The zero-order valence-corrected chi connectivity index (χ0v) is 20.2. The van der Waals surface area contributed by atoms with E-state index in [-0.39, 0.29) is 18.5 Å². The summed E-state index contributed by atoms with van der Waals surface area (Å²) in [5, 5.41) is 3.08. The first-order valence-electron chi connectivity index (χ1n) is 11.7. The smallest absolute Gasteiger partial charge is 0.378 e. The Bertz CT molecular complexity index is 1180. The lowest BCUT2D eigenvalue weighted by Crippen LogP contribution is -2.36. The molecule has 1 fully saturated rings. The van der Waals surface area contributed by atoms with Gasteiger partial charge < -0.3 is 19.5 Å². The highest BCUT2D eigenvalue weighted by Gasteiger charge is 2.31. The molecule has 1 N–H and O–H groups in total. The SMILES string of the molecule is Cc1c(N2CCOCC2)c(C)n(Cc2cccc(C(F)(F)F)c2)c1C(=O)NC(C)c1ccccc1. The van der Waals surface area contributed by atoms with E-state index in [0.717, 1.165) is 34.6 Å². The fourth-order valence-corrected chi connectivity index (χ4v) is 4.74. The van der Waals surface area contributed by atoms with Crippen molar-refractivity contribution in [2.45, 2.75) is 39.5 Å². The number of carbonyl (C=O) groups is 1. The lowest BCUT2D eigenvalue weighted by atomic mass is 10.1. The number of hydrogen-bond acceptors (Lipinski definition) is 3. The number of hydrogen-bond donors (Lipinski definition) is 1. The van der Waals surface area contributed by atoms with E-state index < -0.39 is 11.7 Å². The second kappa shape index (κ2) is 10.2. The van der Waals surface area contributed by atoms with E-state index in [1.807, 2.05) is 55.7 Å². The van der Waals surface area contributed by atoms with E-state index in [0.29, 0.717) is 37.6 Å². The van der Waals surface area contributed by atoms with Crippen LogP contribution in [0.5, 0.6) is 0 Å². The second-order valence-electron chi connectivity index (χ2n) is 8.90. The van der Waals surface area contributed by atoms with Crippen LogP contribution in [0.15, 0.2) is 54.6 Å². The maximum atomic E-state index is 13.6. The molecule has 4 rings (SSSR count). The Morgan fingerprint density at radius 3 is 2.40 bits per heavy atom. The largest absolute Gasteiger partial charge is 0.416 e. The fraction of sp³-hybridized carbons (Fsp3) is 0.370. The number of nitrogens with one attached hydrogen (secondary N) is 1. The molecule has 0 saturated carbocycles. The first-order chi connectivity index (χ1) is 16.7. The molecule has 0 bridgehead atoms. The molecule has 1 amide bonds. The van der Waals surface area contributed by atoms with Crippen LogP contribution >= 0.6 is 0 Å². The molecule has 0 aliphatic carbocycles. The lowest BCUT2D eigenvalue weighted by molar-refractivity contribution is -0.137. The summed E-state index contributed by atoms with van der Waals surface area (Å²) in [4.78, 5) is 15.8. The van der Waals surface area contributed by atoms with Crippen LogP contribution in [0.3, 0.4) is 0 Å². The van der Waals surface area contributed by atoms with Crippen molar-refractivity contribution in [3.05, 3.63) is 88.2 Å². The van der Waals surface area contributed by atoms with Crippen LogP contribution in [0.4, 0.5) is 18.9 Å². The minimum atomic E-state index is -4.43. The molecule has 35 heavy (non-hydrogen) atoms. The zero-order valence-electron chi connectivity index (χ0n) is 20.2. The number of aromatic nitrogens is 1. The highest BCUT2D eigenvalue weighted by atomic mass is 19.4. The van der Waals surface area contributed by atoms with Crippen LogP contribution in [-0.4, -0.2) is 36.8 Å². The van der Waals surface area contributed by atoms with Crippen LogP contribution in [-0.2, 0) is 17.5 Å². The number of nitrogens with zero attached hydrogens (tertiary/aromatic N) is 2. The number of alkyl halides is 3. The van der Waals surface area contributed by atoms with E-state index in [1.165, 1.54) is 6.07 Å². The standard InChI is InChI=1S/C27H30F3N3O2/c1-18-24(32-12-14-35-15-13-32)20(3)33(17-21-8-7-11-23(16-21)27(28,29)30)25(18)26(34)31-19(2)22-9-5-4-6-10-22/h4-11,16,19H,12-15,17H2,1-3H3,(H,31,34). The van der Waals surface area contributed by atoms with E-state index >= 15 is 0 Å². The Balaban J connectivity index is 1.73. The summed E-state index contributed by atoms with van der Waals surface area (Å²) in [5.41, 5.74) is 3.82. The maximum Gasteiger partial charge on any atom is 0.416 e. The van der Waals surface area contributed by atoms with Gasteiger partial charge >= 0.3 is 6.18 Å². The summed E-state index contributed by atoms with van der Waals surface area (Å²) in [7, 11) is 0. The number of benzene rings is 2. The lowest BCUT2D eigenvalue weighted by Gasteiger charge is -2.29. The first kappa shape index (κ1) is 24.9. The van der Waals surface area contributed by atoms with Gasteiger partial charge in [0, 0.05) is 30.9 Å². The quantitative estimate of drug-likeness (QED) is 0.502. The molecule has 3 aromatic rings. The van der Waals surface area contributed by atoms with Gasteiger partial charge in [0.2, 0.25) is 0 Å². The number of anilines is 1. The van der Waals surface area contributed by atoms with E-state index in [4.69, 9.17) is 4.74 Å². The van der Waals surface area contributed by atoms with Gasteiger partial charge in [0.05, 0.1) is 30.5 Å². The topological polar surface area (TPSA) is 46.5 Å². The van der Waals surface area contributed by atoms with Crippen LogP contribution < -0.4 is 10.2 Å². The number of amides is 1. The summed E-state index contributed by atoms with van der Waals surface area (Å²) in [6, 6.07) is 14.7. The Morgan fingerprint density at radius 2 is 1.74 bits per heavy atom. The van der Waals surface area contributed by atoms with Gasteiger partial charge in [0.1, 0.15) is 5.69 Å². The average Bonchev–Trinajstić information content (AvgIpc) is 3.09. The normalized spacial score (nSPS) is 15.2. The van der Waals surface area contributed by atoms with Crippen molar-refractivity contribution in [1.82, 2.24) is 9.88 Å². The number of carbonyl (C=O) groups excluding carboxylic acids is 1. The molecule has 1 atom stereocenters. The third-order valence-electron chi connectivity index (χ3n) is 6.51. The summed E-state index contributed by atoms with van der Waals surface area (Å²) in [6.07, 6.45) is -4.43. The molecule has 0 radical (unpaired) electrons. The molecular weight excluding hydrogens is 455 g/mol. The van der Waals surface area contributed by atoms with Crippen molar-refractivity contribution in [3.63, 3.8) is 0 Å². The maximum absolute atomic E-state index is 13.6. The third-order valence-corrected chi connectivity index (χ3v) is 6.51. The van der Waals surface area contributed by atoms with Crippen molar-refractivity contribution in [2.24, 2.45) is 0 Å². The van der Waals surface area contributed by atoms with Gasteiger partial charge in [-0.05, 0) is 44.0 Å².